The molecule has 3 rings (SSSR count). The number of hydrogen-bond acceptors (Lipinski definition) is 6. The molecule has 2 saturated heterocycles. The van der Waals surface area contributed by atoms with E-state index in [9.17, 15) is 14.4 Å². The Morgan fingerprint density at radius 3 is 2.78 bits per heavy atom. The summed E-state index contributed by atoms with van der Waals surface area (Å²) in [5.41, 5.74) is 0.691. The van der Waals surface area contributed by atoms with E-state index in [0.717, 1.165) is 21.1 Å². The summed E-state index contributed by atoms with van der Waals surface area (Å²) in [5.74, 6) is -0.0924. The Morgan fingerprint density at radius 1 is 1.33 bits per heavy atom. The van der Waals surface area contributed by atoms with Crippen molar-refractivity contribution in [3.63, 3.8) is 0 Å². The molecule has 3 amide bonds. The van der Waals surface area contributed by atoms with Crippen LogP contribution in [0.1, 0.15) is 12.5 Å². The lowest BCUT2D eigenvalue weighted by atomic mass is 10.2. The van der Waals surface area contributed by atoms with Gasteiger partial charge in [-0.3, -0.25) is 19.3 Å². The second-order valence-electron chi connectivity index (χ2n) is 5.88. The third-order valence-corrected chi connectivity index (χ3v) is 5.49. The molecular formula is C18H19BrN2O5S. The zero-order valence-corrected chi connectivity index (χ0v) is 17.2. The Hall–Kier alpha value is -1.84. The van der Waals surface area contributed by atoms with E-state index in [1.54, 1.807) is 17.0 Å². The maximum absolute atomic E-state index is 12.7. The lowest BCUT2D eigenvalue weighted by molar-refractivity contribution is -0.139. The van der Waals surface area contributed by atoms with Gasteiger partial charge in [-0.2, -0.15) is 0 Å². The highest BCUT2D eigenvalue weighted by Crippen LogP contribution is 2.34. The minimum atomic E-state index is -0.464. The first-order valence-electron chi connectivity index (χ1n) is 8.53. The second kappa shape index (κ2) is 8.90. The molecule has 0 aliphatic carbocycles. The molecule has 0 unspecified atom stereocenters. The van der Waals surface area contributed by atoms with E-state index in [4.69, 9.17) is 9.47 Å². The Labute approximate surface area is 169 Å². The van der Waals surface area contributed by atoms with Crippen molar-refractivity contribution >= 4 is 50.8 Å². The summed E-state index contributed by atoms with van der Waals surface area (Å²) in [6, 6.07) is 5.46. The lowest BCUT2D eigenvalue weighted by Crippen LogP contribution is -2.46. The van der Waals surface area contributed by atoms with Gasteiger partial charge in [-0.15, -0.1) is 0 Å². The molecule has 2 fully saturated rings. The zero-order valence-electron chi connectivity index (χ0n) is 14.8. The molecule has 2 aliphatic heterocycles. The van der Waals surface area contributed by atoms with E-state index >= 15 is 0 Å². The molecule has 144 valence electrons. The molecule has 0 N–H and O–H groups in total. The maximum atomic E-state index is 12.7. The average Bonchev–Trinajstić information content (AvgIpc) is 2.92. The number of hydrogen-bond donors (Lipinski definition) is 0. The summed E-state index contributed by atoms with van der Waals surface area (Å²) < 4.78 is 11.6. The first kappa shape index (κ1) is 19.9. The molecule has 0 radical (unpaired) electrons. The van der Waals surface area contributed by atoms with Gasteiger partial charge in [0, 0.05) is 23.1 Å². The summed E-state index contributed by atoms with van der Waals surface area (Å²) in [7, 11) is 0. The van der Waals surface area contributed by atoms with Crippen LogP contribution in [0.4, 0.5) is 4.79 Å². The van der Waals surface area contributed by atoms with Crippen LogP contribution < -0.4 is 4.74 Å². The molecule has 1 aromatic rings. The van der Waals surface area contributed by atoms with Crippen LogP contribution in [0.15, 0.2) is 27.6 Å². The third kappa shape index (κ3) is 4.72. The number of halogens is 1. The Bertz CT molecular complexity index is 792. The highest BCUT2D eigenvalue weighted by Gasteiger charge is 2.37. The fourth-order valence-electron chi connectivity index (χ4n) is 2.74. The highest BCUT2D eigenvalue weighted by molar-refractivity contribution is 9.10. The number of thioether (sulfide) groups is 1. The van der Waals surface area contributed by atoms with Gasteiger partial charge >= 0.3 is 0 Å². The minimum Gasteiger partial charge on any atom is -0.493 e. The van der Waals surface area contributed by atoms with E-state index in [2.05, 4.69) is 15.9 Å². The van der Waals surface area contributed by atoms with Gasteiger partial charge in [-0.25, -0.2) is 0 Å². The molecule has 2 heterocycles. The van der Waals surface area contributed by atoms with Crippen LogP contribution in [0.3, 0.4) is 0 Å². The van der Waals surface area contributed by atoms with Gasteiger partial charge in [-0.05, 0) is 43.0 Å². The van der Waals surface area contributed by atoms with Crippen molar-refractivity contribution in [1.82, 2.24) is 9.80 Å². The quantitative estimate of drug-likeness (QED) is 0.636. The molecule has 7 nitrogen and oxygen atoms in total. The SMILES string of the molecule is CCOc1ccc(Br)cc1/C=C1\SC(=O)N(CC(=O)N2CCOCC2)C1=O. The predicted octanol–water partition coefficient (Wildman–Crippen LogP) is 2.74. The van der Waals surface area contributed by atoms with Gasteiger partial charge in [0.1, 0.15) is 12.3 Å². The smallest absolute Gasteiger partial charge is 0.294 e. The minimum absolute atomic E-state index is 0.251. The molecule has 0 atom stereocenters. The van der Waals surface area contributed by atoms with Gasteiger partial charge in [0.2, 0.25) is 5.91 Å². The standard InChI is InChI=1S/C18H19BrN2O5S/c1-2-26-14-4-3-13(19)9-12(14)10-15-17(23)21(18(24)27-15)11-16(22)20-5-7-25-8-6-20/h3-4,9-10H,2,5-8,11H2,1H3/b15-10-. The van der Waals surface area contributed by atoms with E-state index in [1.807, 2.05) is 19.1 Å². The van der Waals surface area contributed by atoms with Gasteiger partial charge in [0.05, 0.1) is 24.7 Å². The zero-order chi connectivity index (χ0) is 19.4. The average molecular weight is 455 g/mol. The largest absolute Gasteiger partial charge is 0.493 e. The predicted molar refractivity (Wildman–Crippen MR) is 105 cm³/mol. The molecule has 1 aromatic carbocycles. The van der Waals surface area contributed by atoms with E-state index in [0.29, 0.717) is 44.2 Å². The first-order chi connectivity index (χ1) is 13.0. The summed E-state index contributed by atoms with van der Waals surface area (Å²) in [5, 5.41) is -0.444. The Balaban J connectivity index is 1.76. The monoisotopic (exact) mass is 454 g/mol. The van der Waals surface area contributed by atoms with Crippen molar-refractivity contribution in [2.24, 2.45) is 0 Å². The molecule has 0 bridgehead atoms. The van der Waals surface area contributed by atoms with Crippen LogP contribution in [0, 0.1) is 0 Å². The summed E-state index contributed by atoms with van der Waals surface area (Å²) in [6.45, 7) is 3.99. The first-order valence-corrected chi connectivity index (χ1v) is 10.1. The van der Waals surface area contributed by atoms with Crippen molar-refractivity contribution in [2.45, 2.75) is 6.92 Å². The van der Waals surface area contributed by atoms with Gasteiger partial charge in [0.15, 0.2) is 0 Å². The fourth-order valence-corrected chi connectivity index (χ4v) is 3.95. The number of morpholine rings is 1. The van der Waals surface area contributed by atoms with E-state index < -0.39 is 11.1 Å². The molecule has 27 heavy (non-hydrogen) atoms. The molecule has 0 spiro atoms. The summed E-state index contributed by atoms with van der Waals surface area (Å²) >= 11 is 4.23. The second-order valence-corrected chi connectivity index (χ2v) is 7.79. The number of benzene rings is 1. The van der Waals surface area contributed by atoms with Crippen LogP contribution in [-0.2, 0) is 14.3 Å². The lowest BCUT2D eigenvalue weighted by Gasteiger charge is -2.28. The molecule has 2 aliphatic rings. The normalized spacial score (nSPS) is 19.1. The number of ether oxygens (including phenoxy) is 2. The van der Waals surface area contributed by atoms with Crippen LogP contribution in [-0.4, -0.2) is 66.3 Å². The highest BCUT2D eigenvalue weighted by atomic mass is 79.9. The molecular weight excluding hydrogens is 436 g/mol. The van der Waals surface area contributed by atoms with Crippen molar-refractivity contribution in [3.05, 3.63) is 33.1 Å². The van der Waals surface area contributed by atoms with E-state index in [-0.39, 0.29) is 17.4 Å². The molecule has 0 aromatic heterocycles. The fraction of sp³-hybridized carbons (Fsp3) is 0.389. The van der Waals surface area contributed by atoms with Crippen LogP contribution in [0.25, 0.3) is 6.08 Å². The summed E-state index contributed by atoms with van der Waals surface area (Å²) in [6.07, 6.45) is 1.62. The van der Waals surface area contributed by atoms with Gasteiger partial charge < -0.3 is 14.4 Å². The van der Waals surface area contributed by atoms with Crippen molar-refractivity contribution in [1.29, 1.82) is 0 Å². The Kier molecular flexibility index (Phi) is 6.56. The number of carbonyl (C=O) groups excluding carboxylic acids is 3. The summed E-state index contributed by atoms with van der Waals surface area (Å²) in [4.78, 5) is 40.2. The van der Waals surface area contributed by atoms with Crippen molar-refractivity contribution < 1.29 is 23.9 Å². The number of amides is 3. The van der Waals surface area contributed by atoms with Gasteiger partial charge in [-0.1, -0.05) is 15.9 Å². The van der Waals surface area contributed by atoms with Crippen molar-refractivity contribution in [3.8, 4) is 5.75 Å². The molecule has 0 saturated carbocycles. The van der Waals surface area contributed by atoms with E-state index in [1.165, 1.54) is 0 Å². The number of carbonyl (C=O) groups is 3. The number of nitrogens with zero attached hydrogens (tertiary/aromatic N) is 2. The Morgan fingerprint density at radius 2 is 2.07 bits per heavy atom. The topological polar surface area (TPSA) is 76.2 Å². The molecule has 9 heteroatoms. The number of imide groups is 1. The van der Waals surface area contributed by atoms with Gasteiger partial charge in [0.25, 0.3) is 11.1 Å². The van der Waals surface area contributed by atoms with Crippen molar-refractivity contribution in [2.75, 3.05) is 39.5 Å². The maximum Gasteiger partial charge on any atom is 0.294 e. The van der Waals surface area contributed by atoms with Crippen LogP contribution in [0.5, 0.6) is 5.75 Å². The van der Waals surface area contributed by atoms with Crippen LogP contribution >= 0.6 is 27.7 Å². The third-order valence-electron chi connectivity index (χ3n) is 4.09. The van der Waals surface area contributed by atoms with Crippen LogP contribution in [0.2, 0.25) is 0 Å². The number of rotatable bonds is 5.